The lowest BCUT2D eigenvalue weighted by atomic mass is 9.99. The summed E-state index contributed by atoms with van der Waals surface area (Å²) < 4.78 is 1.77. The van der Waals surface area contributed by atoms with E-state index < -0.39 is 0 Å². The predicted molar refractivity (Wildman–Crippen MR) is 112 cm³/mol. The zero-order chi connectivity index (χ0) is 20.0. The van der Waals surface area contributed by atoms with Crippen LogP contribution in [0.1, 0.15) is 23.3 Å². The first-order valence-corrected chi connectivity index (χ1v) is 10.3. The number of aryl methyl sites for hydroxylation is 1. The van der Waals surface area contributed by atoms with E-state index in [4.69, 9.17) is 0 Å². The Hall–Kier alpha value is -2.71. The molecule has 2 N–H and O–H groups in total. The fourth-order valence-electron chi connectivity index (χ4n) is 4.50. The smallest absolute Gasteiger partial charge is 0.272 e. The van der Waals surface area contributed by atoms with Crippen LogP contribution < -0.4 is 5.32 Å². The number of aromatic amines is 1. The monoisotopic (exact) mass is 393 g/mol. The van der Waals surface area contributed by atoms with E-state index in [0.29, 0.717) is 11.7 Å². The van der Waals surface area contributed by atoms with Gasteiger partial charge in [-0.25, -0.2) is 0 Å². The van der Waals surface area contributed by atoms with Crippen molar-refractivity contribution < 1.29 is 4.79 Å². The quantitative estimate of drug-likeness (QED) is 0.702. The van der Waals surface area contributed by atoms with Crippen LogP contribution in [0.2, 0.25) is 0 Å². The molecular formula is C21H27N7O. The summed E-state index contributed by atoms with van der Waals surface area (Å²) in [6.07, 6.45) is 5.79. The molecule has 0 unspecified atom stereocenters. The van der Waals surface area contributed by atoms with Gasteiger partial charge in [-0.05, 0) is 37.6 Å². The average Bonchev–Trinajstić information content (AvgIpc) is 3.32. The first-order chi connectivity index (χ1) is 14.1. The summed E-state index contributed by atoms with van der Waals surface area (Å²) in [5.74, 6) is -0.0959. The molecule has 4 heterocycles. The predicted octanol–water partition coefficient (Wildman–Crippen LogP) is 1.47. The maximum absolute atomic E-state index is 12.9. The van der Waals surface area contributed by atoms with E-state index in [1.807, 2.05) is 37.6 Å². The first kappa shape index (κ1) is 18.3. The summed E-state index contributed by atoms with van der Waals surface area (Å²) >= 11 is 0. The Bertz CT molecular complexity index is 1020. The topological polar surface area (TPSA) is 82.1 Å². The lowest BCUT2D eigenvalue weighted by Gasteiger charge is -2.46. The molecule has 5 rings (SSSR count). The zero-order valence-electron chi connectivity index (χ0n) is 16.9. The Kier molecular flexibility index (Phi) is 4.60. The van der Waals surface area contributed by atoms with Gasteiger partial charge in [-0.15, -0.1) is 0 Å². The van der Waals surface area contributed by atoms with E-state index >= 15 is 0 Å². The molecule has 2 fully saturated rings. The van der Waals surface area contributed by atoms with E-state index in [2.05, 4.69) is 37.5 Å². The molecule has 2 saturated heterocycles. The van der Waals surface area contributed by atoms with Crippen LogP contribution >= 0.6 is 0 Å². The highest BCUT2D eigenvalue weighted by molar-refractivity contribution is 6.05. The number of hydrogen-bond acceptors (Lipinski definition) is 5. The summed E-state index contributed by atoms with van der Waals surface area (Å²) in [7, 11) is 4.06. The van der Waals surface area contributed by atoms with Crippen molar-refractivity contribution in [2.75, 3.05) is 33.2 Å². The van der Waals surface area contributed by atoms with E-state index in [0.717, 1.165) is 61.1 Å². The Morgan fingerprint density at radius 1 is 1.17 bits per heavy atom. The standard InChI is InChI=1S/C21H27N7O/c1-26-12-17(13-26)28-7-5-16(6-8-28)23-21(29)20-18-9-14(3-4-19(18)24-25-20)15-10-22-27(2)11-15/h3-4,9-11,16-17H,5-8,12-13H2,1-2H3,(H,23,29)(H,24,25). The summed E-state index contributed by atoms with van der Waals surface area (Å²) in [6.45, 7) is 4.43. The van der Waals surface area contributed by atoms with Crippen LogP contribution in [-0.4, -0.2) is 81.0 Å². The van der Waals surface area contributed by atoms with Crippen LogP contribution in [-0.2, 0) is 7.05 Å². The zero-order valence-corrected chi connectivity index (χ0v) is 16.9. The number of aromatic nitrogens is 4. The second-order valence-electron chi connectivity index (χ2n) is 8.39. The third kappa shape index (κ3) is 3.54. The fraction of sp³-hybridized carbons (Fsp3) is 0.476. The number of nitrogens with zero attached hydrogens (tertiary/aromatic N) is 5. The number of H-pyrrole nitrogens is 1. The van der Waals surface area contributed by atoms with Crippen LogP contribution in [0.4, 0.5) is 0 Å². The van der Waals surface area contributed by atoms with Crippen molar-refractivity contribution in [3.8, 4) is 11.1 Å². The maximum atomic E-state index is 12.9. The van der Waals surface area contributed by atoms with Crippen LogP contribution in [0.5, 0.6) is 0 Å². The summed E-state index contributed by atoms with van der Waals surface area (Å²) in [4.78, 5) is 17.8. The molecule has 0 bridgehead atoms. The van der Waals surface area contributed by atoms with Gasteiger partial charge in [-0.1, -0.05) is 6.07 Å². The molecule has 0 radical (unpaired) electrons. The molecule has 29 heavy (non-hydrogen) atoms. The minimum atomic E-state index is -0.0959. The van der Waals surface area contributed by atoms with Crippen molar-refractivity contribution in [1.29, 1.82) is 0 Å². The highest BCUT2D eigenvalue weighted by Gasteiger charge is 2.32. The van der Waals surface area contributed by atoms with Crippen LogP contribution in [0.15, 0.2) is 30.6 Å². The second kappa shape index (κ2) is 7.27. The van der Waals surface area contributed by atoms with Gasteiger partial charge in [0.25, 0.3) is 5.91 Å². The maximum Gasteiger partial charge on any atom is 0.272 e. The normalized spacial score (nSPS) is 19.5. The van der Waals surface area contributed by atoms with Gasteiger partial charge in [-0.3, -0.25) is 19.5 Å². The molecule has 2 aromatic heterocycles. The number of fused-ring (bicyclic) bond motifs is 1. The number of likely N-dealkylation sites (N-methyl/N-ethyl adjacent to an activating group) is 1. The van der Waals surface area contributed by atoms with Crippen LogP contribution in [0.25, 0.3) is 22.0 Å². The summed E-state index contributed by atoms with van der Waals surface area (Å²) in [6, 6.07) is 6.91. The van der Waals surface area contributed by atoms with Crippen molar-refractivity contribution in [3.63, 3.8) is 0 Å². The second-order valence-corrected chi connectivity index (χ2v) is 8.39. The van der Waals surface area contributed by atoms with E-state index in [-0.39, 0.29) is 11.9 Å². The van der Waals surface area contributed by atoms with Crippen molar-refractivity contribution in [3.05, 3.63) is 36.3 Å². The molecular weight excluding hydrogens is 366 g/mol. The number of carbonyl (C=O) groups excluding carboxylic acids is 1. The SMILES string of the molecule is CN1CC(N2CCC(NC(=O)c3n[nH]c4ccc(-c5cnn(C)c5)cc34)CC2)C1. The molecule has 8 heteroatoms. The molecule has 152 valence electrons. The number of piperidine rings is 1. The van der Waals surface area contributed by atoms with Gasteiger partial charge in [0.2, 0.25) is 0 Å². The number of benzene rings is 1. The Morgan fingerprint density at radius 2 is 1.97 bits per heavy atom. The highest BCUT2D eigenvalue weighted by Crippen LogP contribution is 2.25. The minimum absolute atomic E-state index is 0.0959. The van der Waals surface area contributed by atoms with Gasteiger partial charge in [0.1, 0.15) is 0 Å². The summed E-state index contributed by atoms with van der Waals surface area (Å²) in [5.41, 5.74) is 3.39. The number of nitrogens with one attached hydrogen (secondary N) is 2. The molecule has 2 aliphatic rings. The van der Waals surface area contributed by atoms with Gasteiger partial charge in [0.05, 0.1) is 11.7 Å². The number of rotatable bonds is 4. The lowest BCUT2D eigenvalue weighted by molar-refractivity contribution is 0.0336. The highest BCUT2D eigenvalue weighted by atomic mass is 16.2. The first-order valence-electron chi connectivity index (χ1n) is 10.3. The molecule has 1 aromatic carbocycles. The summed E-state index contributed by atoms with van der Waals surface area (Å²) in [5, 5.41) is 15.6. The molecule has 8 nitrogen and oxygen atoms in total. The van der Waals surface area contributed by atoms with Gasteiger partial charge < -0.3 is 10.2 Å². The molecule has 0 saturated carbocycles. The number of hydrogen-bond donors (Lipinski definition) is 2. The molecule has 2 aliphatic heterocycles. The van der Waals surface area contributed by atoms with Gasteiger partial charge in [0, 0.05) is 62.5 Å². The van der Waals surface area contributed by atoms with Gasteiger partial charge >= 0.3 is 0 Å². The molecule has 0 spiro atoms. The van der Waals surface area contributed by atoms with Crippen LogP contribution in [0.3, 0.4) is 0 Å². The van der Waals surface area contributed by atoms with Gasteiger partial charge in [-0.2, -0.15) is 10.2 Å². The van der Waals surface area contributed by atoms with E-state index in [9.17, 15) is 4.79 Å². The number of likely N-dealkylation sites (tertiary alicyclic amines) is 2. The number of carbonyl (C=O) groups is 1. The fourth-order valence-corrected chi connectivity index (χ4v) is 4.50. The molecule has 0 aliphatic carbocycles. The van der Waals surface area contributed by atoms with Crippen molar-refractivity contribution in [2.45, 2.75) is 24.9 Å². The van der Waals surface area contributed by atoms with Crippen molar-refractivity contribution in [1.82, 2.24) is 35.1 Å². The van der Waals surface area contributed by atoms with Crippen molar-refractivity contribution >= 4 is 16.8 Å². The lowest BCUT2D eigenvalue weighted by Crippen LogP contribution is -2.60. The third-order valence-corrected chi connectivity index (χ3v) is 6.24. The Labute approximate surface area is 169 Å². The minimum Gasteiger partial charge on any atom is -0.348 e. The number of amides is 1. The van der Waals surface area contributed by atoms with E-state index in [1.165, 1.54) is 0 Å². The van der Waals surface area contributed by atoms with Crippen LogP contribution in [0, 0.1) is 0 Å². The Morgan fingerprint density at radius 3 is 2.66 bits per heavy atom. The molecule has 3 aromatic rings. The largest absolute Gasteiger partial charge is 0.348 e. The Balaban J connectivity index is 1.27. The average molecular weight is 393 g/mol. The van der Waals surface area contributed by atoms with Crippen molar-refractivity contribution in [2.24, 2.45) is 7.05 Å². The third-order valence-electron chi connectivity index (χ3n) is 6.24. The molecule has 0 atom stereocenters. The van der Waals surface area contributed by atoms with E-state index in [1.54, 1.807) is 4.68 Å². The van der Waals surface area contributed by atoms with Gasteiger partial charge in [0.15, 0.2) is 5.69 Å². The molecule has 1 amide bonds.